The minimum Gasteiger partial charge on any atom is -0.412 e. The van der Waals surface area contributed by atoms with E-state index in [9.17, 15) is 0 Å². The maximum atomic E-state index is 6.81. The lowest BCUT2D eigenvalue weighted by atomic mass is 10.1. The van der Waals surface area contributed by atoms with Crippen LogP contribution in [0.4, 0.5) is 0 Å². The van der Waals surface area contributed by atoms with Crippen molar-refractivity contribution >= 4 is 49.4 Å². The van der Waals surface area contributed by atoms with Gasteiger partial charge in [0, 0.05) is 34.1 Å². The molecule has 0 bridgehead atoms. The topological polar surface area (TPSA) is 49.8 Å². The zero-order chi connectivity index (χ0) is 48.6. The Morgan fingerprint density at radius 1 is 0.419 bits per heavy atom. The normalized spacial score (nSPS) is 14.5. The molecule has 0 aliphatic carbocycles. The zero-order valence-corrected chi connectivity index (χ0v) is 50.6. The van der Waals surface area contributed by atoms with Crippen LogP contribution >= 0.6 is 0 Å². The fourth-order valence-corrected chi connectivity index (χ4v) is 8.83. The van der Waals surface area contributed by atoms with Gasteiger partial charge in [-0.1, -0.05) is 152 Å². The van der Waals surface area contributed by atoms with E-state index < -0.39 is 49.4 Å². The lowest BCUT2D eigenvalue weighted by Gasteiger charge is -2.37. The number of hydrogen-bond acceptors (Lipinski definition) is 5. The molecular formula is C51H89NO4Si6. The Hall–Kier alpha value is -1.99. The van der Waals surface area contributed by atoms with Gasteiger partial charge in [-0.3, -0.25) is 0 Å². The highest BCUT2D eigenvalue weighted by Crippen LogP contribution is 2.40. The maximum absolute atomic E-state index is 6.81. The molecule has 346 valence electrons. The van der Waals surface area contributed by atoms with E-state index in [1.165, 1.54) is 0 Å². The fourth-order valence-electron chi connectivity index (χ4n) is 4.03. The van der Waals surface area contributed by atoms with E-state index in [1.54, 1.807) is 0 Å². The van der Waals surface area contributed by atoms with Gasteiger partial charge in [0.15, 0.2) is 33.3 Å². The summed E-state index contributed by atoms with van der Waals surface area (Å²) in [4.78, 5) is 4.80. The first kappa shape index (κ1) is 58.0. The molecule has 1 rings (SSSR count). The highest BCUT2D eigenvalue weighted by molar-refractivity contribution is 6.84. The maximum Gasteiger partial charge on any atom is 0.192 e. The van der Waals surface area contributed by atoms with Crippen LogP contribution in [-0.2, 0) is 17.7 Å². The summed E-state index contributed by atoms with van der Waals surface area (Å²) in [5, 5.41) is 0.245. The van der Waals surface area contributed by atoms with Crippen molar-refractivity contribution in [3.05, 3.63) is 51.9 Å². The molecule has 0 fully saturated rings. The third-order valence-electron chi connectivity index (χ3n) is 12.9. The van der Waals surface area contributed by atoms with E-state index in [0.717, 1.165) is 27.9 Å². The van der Waals surface area contributed by atoms with Crippen molar-refractivity contribution in [3.8, 4) is 46.6 Å². The van der Waals surface area contributed by atoms with Crippen molar-refractivity contribution in [3.63, 3.8) is 0 Å². The molecule has 5 nitrogen and oxygen atoms in total. The first-order valence-corrected chi connectivity index (χ1v) is 41.2. The summed E-state index contributed by atoms with van der Waals surface area (Å²) in [5.74, 6) is 21.0. The minimum absolute atomic E-state index is 0.0527. The van der Waals surface area contributed by atoms with E-state index in [-0.39, 0.29) is 20.2 Å². The van der Waals surface area contributed by atoms with Crippen molar-refractivity contribution in [2.75, 3.05) is 26.4 Å². The molecule has 0 radical (unpaired) electrons. The molecule has 0 unspecified atom stereocenters. The van der Waals surface area contributed by atoms with E-state index in [0.29, 0.717) is 32.1 Å². The third kappa shape index (κ3) is 19.6. The first-order chi connectivity index (χ1) is 27.5. The van der Waals surface area contributed by atoms with Crippen LogP contribution in [-0.4, -0.2) is 80.8 Å². The Labute approximate surface area is 389 Å². The van der Waals surface area contributed by atoms with Crippen LogP contribution in [0.15, 0.2) is 40.6 Å². The average molecular weight is 949 g/mol. The Balaban J connectivity index is 4.00. The van der Waals surface area contributed by atoms with Crippen LogP contribution in [0.5, 0.6) is 0 Å². The van der Waals surface area contributed by atoms with Gasteiger partial charge in [-0.2, -0.15) is 0 Å². The predicted octanol–water partition coefficient (Wildman–Crippen LogP) is 14.2. The third-order valence-corrected chi connectivity index (χ3v) is 32.6. The Morgan fingerprint density at radius 2 is 0.694 bits per heavy atom. The smallest absolute Gasteiger partial charge is 0.192 e. The number of rotatable bonds is 12. The number of aromatic nitrogens is 1. The second-order valence-electron chi connectivity index (χ2n) is 25.0. The first-order valence-electron chi connectivity index (χ1n) is 22.6. The van der Waals surface area contributed by atoms with Gasteiger partial charge in [-0.05, 0) is 90.6 Å². The summed E-state index contributed by atoms with van der Waals surface area (Å²) < 4.78 is 27.2. The second-order valence-corrected chi connectivity index (χ2v) is 53.8. The van der Waals surface area contributed by atoms with Crippen molar-refractivity contribution in [1.82, 2.24) is 4.98 Å². The van der Waals surface area contributed by atoms with Crippen molar-refractivity contribution in [2.45, 2.75) is 195 Å². The van der Waals surface area contributed by atoms with Crippen LogP contribution in [0.1, 0.15) is 94.3 Å². The molecule has 1 aromatic rings. The summed E-state index contributed by atoms with van der Waals surface area (Å²) in [6, 6.07) is 3.95. The van der Waals surface area contributed by atoms with E-state index in [2.05, 4.69) is 221 Å². The molecule has 62 heavy (non-hydrogen) atoms. The van der Waals surface area contributed by atoms with Crippen molar-refractivity contribution in [1.29, 1.82) is 0 Å². The quantitative estimate of drug-likeness (QED) is 0.154. The van der Waals surface area contributed by atoms with Crippen molar-refractivity contribution < 1.29 is 17.7 Å². The predicted molar refractivity (Wildman–Crippen MR) is 287 cm³/mol. The van der Waals surface area contributed by atoms with Crippen LogP contribution < -0.4 is 0 Å². The highest BCUT2D eigenvalue weighted by Gasteiger charge is 2.40. The summed E-state index contributed by atoms with van der Waals surface area (Å²) in [6.07, 6.45) is 1.81. The molecular weight excluding hydrogens is 859 g/mol. The lowest BCUT2D eigenvalue weighted by Crippen LogP contribution is -2.42. The molecule has 0 aromatic carbocycles. The van der Waals surface area contributed by atoms with Gasteiger partial charge < -0.3 is 17.7 Å². The number of pyridine rings is 1. The van der Waals surface area contributed by atoms with Crippen LogP contribution in [0.2, 0.25) is 112 Å². The second kappa shape index (κ2) is 21.5. The van der Waals surface area contributed by atoms with Crippen LogP contribution in [0.3, 0.4) is 0 Å². The SMILES string of the molecule is CC(C)(C)[Si](C)(C)OC/C(C#Cc1ccc(C#C/C(CO[Si](C)(C)C(C)(C)C)=C(/C#C[Si](C)(C)C)CO[Si](C)(C)C(C)(C)C)nc1)=C(\C#C[Si](C)(C)C)CO[Si](C)(C)C(C)(C)C. The van der Waals surface area contributed by atoms with E-state index in [4.69, 9.17) is 22.7 Å². The van der Waals surface area contributed by atoms with Gasteiger partial charge in [-0.25, -0.2) is 4.98 Å². The number of nitrogens with zero attached hydrogens (tertiary/aromatic N) is 1. The summed E-state index contributed by atoms with van der Waals surface area (Å²) >= 11 is 0. The Kier molecular flexibility index (Phi) is 20.2. The van der Waals surface area contributed by atoms with Gasteiger partial charge >= 0.3 is 0 Å². The van der Waals surface area contributed by atoms with Gasteiger partial charge in [0.25, 0.3) is 0 Å². The summed E-state index contributed by atoms with van der Waals surface area (Å²) in [6.45, 7) is 60.7. The molecule has 0 saturated heterocycles. The molecule has 0 atom stereocenters. The molecule has 0 aliphatic rings. The van der Waals surface area contributed by atoms with Gasteiger partial charge in [0.2, 0.25) is 0 Å². The largest absolute Gasteiger partial charge is 0.412 e. The molecule has 0 spiro atoms. The Bertz CT molecular complexity index is 1860. The molecule has 0 aliphatic heterocycles. The monoisotopic (exact) mass is 948 g/mol. The molecule has 1 aromatic heterocycles. The van der Waals surface area contributed by atoms with Crippen molar-refractivity contribution in [2.24, 2.45) is 0 Å². The standard InChI is InChI=1S/C51H89NO4Si6/c1-48(2,3)59(19,20)53-38-43(45(33-35-57(13,14)15)40-55-61(23,24)50(7,8)9)29-27-42-28-31-47(52-37-42)32-30-44(39-54-60(21,22)49(4,5)6)46(34-36-58(16,17)18)41-56-62(25,26)51(10,11)12/h28,31,37H,38-41H2,1-26H3/b45-43+,46-44+. The van der Waals surface area contributed by atoms with E-state index in [1.807, 2.05) is 18.3 Å². The van der Waals surface area contributed by atoms with Gasteiger partial charge in [-0.15, -0.1) is 11.1 Å². The van der Waals surface area contributed by atoms with Gasteiger partial charge in [0.05, 0.1) is 26.4 Å². The van der Waals surface area contributed by atoms with E-state index >= 15 is 0 Å². The average Bonchev–Trinajstić information content (AvgIpc) is 3.06. The zero-order valence-electron chi connectivity index (χ0n) is 44.6. The lowest BCUT2D eigenvalue weighted by molar-refractivity contribution is 0.308. The Morgan fingerprint density at radius 3 is 0.935 bits per heavy atom. The molecule has 0 N–H and O–H groups in total. The van der Waals surface area contributed by atoms with Crippen LogP contribution in [0.25, 0.3) is 0 Å². The molecule has 0 saturated carbocycles. The summed E-state index contributed by atoms with van der Waals surface area (Å²) in [7, 11) is -11.7. The molecule has 0 amide bonds. The molecule has 1 heterocycles. The minimum atomic E-state index is -2.10. The van der Waals surface area contributed by atoms with Gasteiger partial charge in [0.1, 0.15) is 21.8 Å². The number of hydrogen-bond donors (Lipinski definition) is 0. The molecule has 11 heteroatoms. The fraction of sp³-hybridized carbons (Fsp3) is 0.667. The highest BCUT2D eigenvalue weighted by atomic mass is 28.4. The van der Waals surface area contributed by atoms with Crippen LogP contribution in [0, 0.1) is 46.6 Å². The summed E-state index contributed by atoms with van der Waals surface area (Å²) in [5.41, 5.74) is 12.2.